The molecule has 0 N–H and O–H groups in total. The third-order valence-electron chi connectivity index (χ3n) is 3.55. The second kappa shape index (κ2) is 9.81. The molecule has 0 radical (unpaired) electrons. The van der Waals surface area contributed by atoms with E-state index in [0.717, 1.165) is 38.5 Å². The summed E-state index contributed by atoms with van der Waals surface area (Å²) in [6, 6.07) is 0. The largest absolute Gasteiger partial charge is 0.397 e. The first-order valence-electron chi connectivity index (χ1n) is 7.79. The van der Waals surface area contributed by atoms with Crippen molar-refractivity contribution in [3.63, 3.8) is 0 Å². The molecule has 5 heteroatoms. The fourth-order valence-electron chi connectivity index (χ4n) is 2.29. The summed E-state index contributed by atoms with van der Waals surface area (Å²) in [4.78, 5) is 23.4. The SMILES string of the molecule is CCCCC(CCCC)O[SiH](OC)C1=CC=CC(=O)C1=O. The first-order chi connectivity index (χ1) is 10.1. The maximum atomic E-state index is 11.9. The Morgan fingerprint density at radius 2 is 1.76 bits per heavy atom. The molecule has 4 nitrogen and oxygen atoms in total. The highest BCUT2D eigenvalue weighted by atomic mass is 28.3. The second-order valence-corrected chi connectivity index (χ2v) is 7.31. The number of carbonyl (C=O) groups excluding carboxylic acids is 2. The highest BCUT2D eigenvalue weighted by Gasteiger charge is 2.31. The van der Waals surface area contributed by atoms with E-state index in [2.05, 4.69) is 13.8 Å². The van der Waals surface area contributed by atoms with E-state index in [9.17, 15) is 9.59 Å². The number of carbonyl (C=O) groups is 2. The Labute approximate surface area is 129 Å². The summed E-state index contributed by atoms with van der Waals surface area (Å²) in [5.74, 6) is -0.954. The summed E-state index contributed by atoms with van der Waals surface area (Å²) in [5.41, 5.74) is 0. The van der Waals surface area contributed by atoms with Crippen molar-refractivity contribution in [1.82, 2.24) is 0 Å². The Balaban J connectivity index is 2.72. The van der Waals surface area contributed by atoms with Crippen LogP contribution < -0.4 is 0 Å². The predicted molar refractivity (Wildman–Crippen MR) is 85.3 cm³/mol. The zero-order chi connectivity index (χ0) is 15.7. The molecule has 0 aromatic carbocycles. The van der Waals surface area contributed by atoms with Gasteiger partial charge in [-0.1, -0.05) is 51.7 Å². The van der Waals surface area contributed by atoms with Crippen LogP contribution in [0.5, 0.6) is 0 Å². The van der Waals surface area contributed by atoms with E-state index in [4.69, 9.17) is 8.85 Å². The topological polar surface area (TPSA) is 52.6 Å². The fraction of sp³-hybridized carbons (Fsp3) is 0.625. The van der Waals surface area contributed by atoms with Crippen LogP contribution in [-0.2, 0) is 18.4 Å². The van der Waals surface area contributed by atoms with Gasteiger partial charge in [0.2, 0.25) is 11.6 Å². The van der Waals surface area contributed by atoms with Crippen LogP contribution in [0.2, 0.25) is 0 Å². The zero-order valence-electron chi connectivity index (χ0n) is 13.3. The number of Topliss-reactive ketones (excluding diaryl/α,β-unsaturated/α-hetero) is 1. The number of hydrogen-bond donors (Lipinski definition) is 0. The Kier molecular flexibility index (Phi) is 8.42. The van der Waals surface area contributed by atoms with Gasteiger partial charge in [-0.2, -0.15) is 0 Å². The van der Waals surface area contributed by atoms with Crippen LogP contribution in [0.1, 0.15) is 52.4 Å². The van der Waals surface area contributed by atoms with Gasteiger partial charge in [0.15, 0.2) is 0 Å². The minimum atomic E-state index is -2.29. The van der Waals surface area contributed by atoms with Crippen LogP contribution in [-0.4, -0.2) is 34.1 Å². The van der Waals surface area contributed by atoms with Crippen LogP contribution >= 0.6 is 0 Å². The minimum Gasteiger partial charge on any atom is -0.397 e. The minimum absolute atomic E-state index is 0.122. The summed E-state index contributed by atoms with van der Waals surface area (Å²) >= 11 is 0. The van der Waals surface area contributed by atoms with E-state index >= 15 is 0 Å². The average Bonchev–Trinajstić information content (AvgIpc) is 2.50. The molecule has 1 aliphatic rings. The second-order valence-electron chi connectivity index (χ2n) is 5.28. The van der Waals surface area contributed by atoms with Gasteiger partial charge in [0, 0.05) is 18.4 Å². The summed E-state index contributed by atoms with van der Waals surface area (Å²) in [7, 11) is -0.734. The van der Waals surface area contributed by atoms with Crippen molar-refractivity contribution in [2.75, 3.05) is 7.11 Å². The Bertz CT molecular complexity index is 407. The number of rotatable bonds is 10. The lowest BCUT2D eigenvalue weighted by atomic mass is 10.1. The maximum absolute atomic E-state index is 11.9. The van der Waals surface area contributed by atoms with Gasteiger partial charge >= 0.3 is 9.28 Å². The summed E-state index contributed by atoms with van der Waals surface area (Å²) in [5, 5.41) is 0.433. The van der Waals surface area contributed by atoms with E-state index < -0.39 is 20.9 Å². The van der Waals surface area contributed by atoms with E-state index in [0.29, 0.717) is 5.20 Å². The van der Waals surface area contributed by atoms with Crippen LogP contribution in [0.4, 0.5) is 0 Å². The fourth-order valence-corrected chi connectivity index (χ4v) is 4.05. The van der Waals surface area contributed by atoms with Gasteiger partial charge in [-0.25, -0.2) is 0 Å². The smallest absolute Gasteiger partial charge is 0.359 e. The monoisotopic (exact) mass is 310 g/mol. The molecule has 0 aliphatic heterocycles. The number of hydrogen-bond acceptors (Lipinski definition) is 4. The Morgan fingerprint density at radius 1 is 1.14 bits per heavy atom. The van der Waals surface area contributed by atoms with Gasteiger partial charge in [-0.05, 0) is 18.9 Å². The van der Waals surface area contributed by atoms with E-state index in [1.165, 1.54) is 6.08 Å². The van der Waals surface area contributed by atoms with E-state index in [-0.39, 0.29) is 6.10 Å². The molecule has 21 heavy (non-hydrogen) atoms. The molecule has 1 rings (SSSR count). The zero-order valence-corrected chi connectivity index (χ0v) is 14.4. The molecule has 0 spiro atoms. The van der Waals surface area contributed by atoms with Crippen molar-refractivity contribution in [2.45, 2.75) is 58.5 Å². The molecular formula is C16H26O4Si. The van der Waals surface area contributed by atoms with Crippen molar-refractivity contribution in [2.24, 2.45) is 0 Å². The average molecular weight is 310 g/mol. The molecule has 0 saturated carbocycles. The molecular weight excluding hydrogens is 284 g/mol. The van der Waals surface area contributed by atoms with Gasteiger partial charge < -0.3 is 8.85 Å². The molecule has 1 atom stereocenters. The maximum Gasteiger partial charge on any atom is 0.359 e. The van der Waals surface area contributed by atoms with Gasteiger partial charge in [0.25, 0.3) is 0 Å². The molecule has 0 aromatic rings. The van der Waals surface area contributed by atoms with Gasteiger partial charge in [0.1, 0.15) is 0 Å². The molecule has 0 aromatic heterocycles. The van der Waals surface area contributed by atoms with E-state index in [1.807, 2.05) is 0 Å². The molecule has 0 saturated heterocycles. The number of allylic oxidation sites excluding steroid dienone is 4. The molecule has 1 unspecified atom stereocenters. The highest BCUT2D eigenvalue weighted by molar-refractivity contribution is 6.70. The third-order valence-corrected chi connectivity index (χ3v) is 5.58. The molecule has 118 valence electrons. The normalized spacial score (nSPS) is 16.5. The molecule has 0 bridgehead atoms. The lowest BCUT2D eigenvalue weighted by molar-refractivity contribution is -0.131. The summed E-state index contributed by atoms with van der Waals surface area (Å²) < 4.78 is 11.5. The number of ketones is 2. The summed E-state index contributed by atoms with van der Waals surface area (Å²) in [6.45, 7) is 4.30. The Morgan fingerprint density at radius 3 is 2.29 bits per heavy atom. The van der Waals surface area contributed by atoms with Crippen LogP contribution in [0.25, 0.3) is 0 Å². The van der Waals surface area contributed by atoms with E-state index in [1.54, 1.807) is 19.3 Å². The van der Waals surface area contributed by atoms with Crippen LogP contribution in [0.3, 0.4) is 0 Å². The van der Waals surface area contributed by atoms with Crippen molar-refractivity contribution in [3.05, 3.63) is 23.4 Å². The predicted octanol–water partition coefficient (Wildman–Crippen LogP) is 2.79. The molecule has 0 fully saturated rings. The van der Waals surface area contributed by atoms with Crippen LogP contribution in [0.15, 0.2) is 23.4 Å². The lowest BCUT2D eigenvalue weighted by Gasteiger charge is -2.24. The quantitative estimate of drug-likeness (QED) is 0.354. The van der Waals surface area contributed by atoms with Crippen molar-refractivity contribution in [3.8, 4) is 0 Å². The summed E-state index contributed by atoms with van der Waals surface area (Å²) in [6.07, 6.45) is 11.1. The first-order valence-corrected chi connectivity index (χ1v) is 9.31. The number of unbranched alkanes of at least 4 members (excludes halogenated alkanes) is 2. The standard InChI is InChI=1S/C16H26O4Si/c1-4-6-9-13(10-7-5-2)20-21(19-3)15-12-8-11-14(17)16(15)18/h8,11-13,21H,4-7,9-10H2,1-3H3. The van der Waals surface area contributed by atoms with Crippen molar-refractivity contribution in [1.29, 1.82) is 0 Å². The molecule has 0 heterocycles. The Hall–Kier alpha value is -1.04. The lowest BCUT2D eigenvalue weighted by Crippen LogP contribution is -2.36. The van der Waals surface area contributed by atoms with Crippen LogP contribution in [0, 0.1) is 0 Å². The molecule has 1 aliphatic carbocycles. The van der Waals surface area contributed by atoms with Gasteiger partial charge in [0.05, 0.1) is 0 Å². The van der Waals surface area contributed by atoms with Gasteiger partial charge in [-0.15, -0.1) is 0 Å². The third kappa shape index (κ3) is 5.69. The first kappa shape index (κ1) is 18.0. The highest BCUT2D eigenvalue weighted by Crippen LogP contribution is 2.18. The van der Waals surface area contributed by atoms with Crippen molar-refractivity contribution >= 4 is 20.9 Å². The van der Waals surface area contributed by atoms with Gasteiger partial charge in [-0.3, -0.25) is 9.59 Å². The van der Waals surface area contributed by atoms with Crippen molar-refractivity contribution < 1.29 is 18.4 Å². The molecule has 0 amide bonds.